The van der Waals surface area contributed by atoms with Crippen molar-refractivity contribution in [3.63, 3.8) is 0 Å². The first-order valence-corrected chi connectivity index (χ1v) is 5.37. The number of amides is 2. The van der Waals surface area contributed by atoms with Crippen LogP contribution in [-0.4, -0.2) is 36.3 Å². The highest BCUT2D eigenvalue weighted by atomic mass is 16.5. The Balaban J connectivity index is 2.24. The lowest BCUT2D eigenvalue weighted by Crippen LogP contribution is -2.32. The molecular weight excluding hydrogens is 236 g/mol. The van der Waals surface area contributed by atoms with Crippen LogP contribution in [0.3, 0.4) is 0 Å². The number of carbonyl (C=O) groups excluding carboxylic acids is 3. The fraction of sp³-hybridized carbons (Fsp3) is 0.250. The van der Waals surface area contributed by atoms with Gasteiger partial charge in [0.05, 0.1) is 24.7 Å². The van der Waals surface area contributed by atoms with Crippen molar-refractivity contribution in [1.29, 1.82) is 0 Å². The van der Waals surface area contributed by atoms with Crippen molar-refractivity contribution < 1.29 is 19.1 Å². The average Bonchev–Trinajstić information content (AvgIpc) is 2.60. The summed E-state index contributed by atoms with van der Waals surface area (Å²) in [5.41, 5.74) is 6.44. The number of carbonyl (C=O) groups is 3. The SMILES string of the molecule is COC(=O)CCN1C(=O)c2cccc(N)c2C1=O. The predicted molar refractivity (Wildman–Crippen MR) is 62.9 cm³/mol. The second-order valence-corrected chi connectivity index (χ2v) is 3.86. The molecule has 1 aromatic carbocycles. The first-order chi connectivity index (χ1) is 8.56. The average molecular weight is 248 g/mol. The molecule has 0 bridgehead atoms. The van der Waals surface area contributed by atoms with Gasteiger partial charge < -0.3 is 10.5 Å². The van der Waals surface area contributed by atoms with Crippen LogP contribution in [-0.2, 0) is 9.53 Å². The molecule has 18 heavy (non-hydrogen) atoms. The van der Waals surface area contributed by atoms with Crippen LogP contribution in [0.2, 0.25) is 0 Å². The van der Waals surface area contributed by atoms with Crippen molar-refractivity contribution in [1.82, 2.24) is 4.90 Å². The van der Waals surface area contributed by atoms with Gasteiger partial charge in [0, 0.05) is 12.2 Å². The van der Waals surface area contributed by atoms with E-state index in [0.29, 0.717) is 0 Å². The van der Waals surface area contributed by atoms with Gasteiger partial charge in [-0.05, 0) is 12.1 Å². The summed E-state index contributed by atoms with van der Waals surface area (Å²) in [7, 11) is 1.25. The summed E-state index contributed by atoms with van der Waals surface area (Å²) in [6.07, 6.45) is -0.0259. The van der Waals surface area contributed by atoms with Crippen molar-refractivity contribution in [3.05, 3.63) is 29.3 Å². The quantitative estimate of drug-likeness (QED) is 0.476. The molecule has 0 radical (unpaired) electrons. The van der Waals surface area contributed by atoms with Gasteiger partial charge in [0.25, 0.3) is 11.8 Å². The molecular formula is C12H12N2O4. The first kappa shape index (κ1) is 12.1. The van der Waals surface area contributed by atoms with Crippen LogP contribution >= 0.6 is 0 Å². The monoisotopic (exact) mass is 248 g/mol. The van der Waals surface area contributed by atoms with Crippen LogP contribution in [0.4, 0.5) is 5.69 Å². The summed E-state index contributed by atoms with van der Waals surface area (Å²) in [4.78, 5) is 36.0. The molecule has 2 N–H and O–H groups in total. The number of imide groups is 1. The van der Waals surface area contributed by atoms with Gasteiger partial charge in [-0.1, -0.05) is 6.07 Å². The fourth-order valence-electron chi connectivity index (χ4n) is 1.87. The van der Waals surface area contributed by atoms with Gasteiger partial charge in [-0.2, -0.15) is 0 Å². The van der Waals surface area contributed by atoms with Gasteiger partial charge in [0.15, 0.2) is 0 Å². The normalized spacial score (nSPS) is 13.7. The van der Waals surface area contributed by atoms with E-state index in [0.717, 1.165) is 4.90 Å². The number of benzene rings is 1. The number of methoxy groups -OCH3 is 1. The number of rotatable bonds is 3. The van der Waals surface area contributed by atoms with Crippen LogP contribution < -0.4 is 5.73 Å². The van der Waals surface area contributed by atoms with E-state index in [4.69, 9.17) is 5.73 Å². The fourth-order valence-corrected chi connectivity index (χ4v) is 1.87. The maximum Gasteiger partial charge on any atom is 0.307 e. The van der Waals surface area contributed by atoms with Crippen LogP contribution in [0, 0.1) is 0 Å². The number of hydrogen-bond donors (Lipinski definition) is 1. The van der Waals surface area contributed by atoms with E-state index in [1.54, 1.807) is 18.2 Å². The summed E-state index contributed by atoms with van der Waals surface area (Å²) in [5, 5.41) is 0. The van der Waals surface area contributed by atoms with Crippen LogP contribution in [0.15, 0.2) is 18.2 Å². The molecule has 0 aromatic heterocycles. The van der Waals surface area contributed by atoms with Crippen molar-refractivity contribution in [2.45, 2.75) is 6.42 Å². The number of nitrogens with zero attached hydrogens (tertiary/aromatic N) is 1. The molecule has 2 amide bonds. The lowest BCUT2D eigenvalue weighted by molar-refractivity contribution is -0.140. The second kappa shape index (κ2) is 4.48. The summed E-state index contributed by atoms with van der Waals surface area (Å²) in [5.74, 6) is -1.36. The van der Waals surface area contributed by atoms with Crippen LogP contribution in [0.25, 0.3) is 0 Å². The van der Waals surface area contributed by atoms with Gasteiger partial charge in [-0.15, -0.1) is 0 Å². The molecule has 1 aliphatic heterocycles. The zero-order valence-electron chi connectivity index (χ0n) is 9.80. The molecule has 0 atom stereocenters. The maximum absolute atomic E-state index is 12.0. The molecule has 2 rings (SSSR count). The topological polar surface area (TPSA) is 89.7 Å². The third-order valence-electron chi connectivity index (χ3n) is 2.80. The number of esters is 1. The summed E-state index contributed by atoms with van der Waals surface area (Å²) >= 11 is 0. The lowest BCUT2D eigenvalue weighted by atomic mass is 10.1. The van der Waals surface area contributed by atoms with Crippen molar-refractivity contribution in [3.8, 4) is 0 Å². The van der Waals surface area contributed by atoms with Gasteiger partial charge in [-0.3, -0.25) is 19.3 Å². The Labute approximate surface area is 103 Å². The van der Waals surface area contributed by atoms with E-state index in [1.807, 2.05) is 0 Å². The van der Waals surface area contributed by atoms with E-state index in [2.05, 4.69) is 4.74 Å². The zero-order valence-corrected chi connectivity index (χ0v) is 9.80. The molecule has 1 aliphatic rings. The number of nitrogen functional groups attached to an aromatic ring is 1. The molecule has 0 spiro atoms. The number of fused-ring (bicyclic) bond motifs is 1. The van der Waals surface area contributed by atoms with Crippen molar-refractivity contribution in [2.75, 3.05) is 19.4 Å². The number of hydrogen-bond acceptors (Lipinski definition) is 5. The Hall–Kier alpha value is -2.37. The molecule has 6 heteroatoms. The zero-order chi connectivity index (χ0) is 13.3. The van der Waals surface area contributed by atoms with E-state index in [9.17, 15) is 14.4 Å². The molecule has 6 nitrogen and oxygen atoms in total. The molecule has 0 saturated carbocycles. The smallest absolute Gasteiger partial charge is 0.307 e. The van der Waals surface area contributed by atoms with E-state index in [1.165, 1.54) is 7.11 Å². The lowest BCUT2D eigenvalue weighted by Gasteiger charge is -2.12. The minimum atomic E-state index is -0.473. The molecule has 0 unspecified atom stereocenters. The third-order valence-corrected chi connectivity index (χ3v) is 2.80. The molecule has 1 aromatic rings. The Morgan fingerprint density at radius 3 is 2.67 bits per heavy atom. The van der Waals surface area contributed by atoms with Gasteiger partial charge in [0.1, 0.15) is 0 Å². The third kappa shape index (κ3) is 1.81. The standard InChI is InChI=1S/C12H12N2O4/c1-18-9(15)5-6-14-11(16)7-3-2-4-8(13)10(7)12(14)17/h2-4H,5-6,13H2,1H3. The summed E-state index contributed by atoms with van der Waals surface area (Å²) in [6, 6.07) is 4.72. The Bertz CT molecular complexity index is 539. The Morgan fingerprint density at radius 2 is 2.06 bits per heavy atom. The summed E-state index contributed by atoms with van der Waals surface area (Å²) in [6.45, 7) is -0.00153. The van der Waals surface area contributed by atoms with Crippen LogP contribution in [0.1, 0.15) is 27.1 Å². The highest BCUT2D eigenvalue weighted by Crippen LogP contribution is 2.27. The maximum atomic E-state index is 12.0. The molecule has 0 fully saturated rings. The Morgan fingerprint density at radius 1 is 1.33 bits per heavy atom. The van der Waals surface area contributed by atoms with E-state index >= 15 is 0 Å². The number of nitrogens with two attached hydrogens (primary N) is 1. The molecule has 0 saturated heterocycles. The van der Waals surface area contributed by atoms with Crippen molar-refractivity contribution >= 4 is 23.5 Å². The van der Waals surface area contributed by atoms with E-state index in [-0.39, 0.29) is 29.8 Å². The first-order valence-electron chi connectivity index (χ1n) is 5.37. The molecule has 0 aliphatic carbocycles. The van der Waals surface area contributed by atoms with Gasteiger partial charge in [-0.25, -0.2) is 0 Å². The predicted octanol–water partition coefficient (Wildman–Crippen LogP) is 0.428. The highest BCUT2D eigenvalue weighted by Gasteiger charge is 2.36. The minimum Gasteiger partial charge on any atom is -0.469 e. The van der Waals surface area contributed by atoms with E-state index < -0.39 is 17.8 Å². The summed E-state index contributed by atoms with van der Waals surface area (Å²) < 4.78 is 4.47. The number of ether oxygens (including phenoxy) is 1. The van der Waals surface area contributed by atoms with Gasteiger partial charge >= 0.3 is 5.97 Å². The second-order valence-electron chi connectivity index (χ2n) is 3.86. The Kier molecular flexibility index (Phi) is 3.01. The minimum absolute atomic E-state index is 0.00153. The highest BCUT2D eigenvalue weighted by molar-refractivity contribution is 6.23. The van der Waals surface area contributed by atoms with Crippen LogP contribution in [0.5, 0.6) is 0 Å². The van der Waals surface area contributed by atoms with Gasteiger partial charge in [0.2, 0.25) is 0 Å². The van der Waals surface area contributed by atoms with Crippen molar-refractivity contribution in [2.24, 2.45) is 0 Å². The largest absolute Gasteiger partial charge is 0.469 e. The molecule has 94 valence electrons. The molecule has 1 heterocycles. The number of anilines is 1.